The van der Waals surface area contributed by atoms with Gasteiger partial charge in [0.2, 0.25) is 5.91 Å². The van der Waals surface area contributed by atoms with Gasteiger partial charge in [0, 0.05) is 5.69 Å². The van der Waals surface area contributed by atoms with E-state index in [2.05, 4.69) is 5.32 Å². The van der Waals surface area contributed by atoms with Crippen LogP contribution in [0.15, 0.2) is 48.5 Å². The molecule has 0 aromatic heterocycles. The molecule has 3 amide bonds. The van der Waals surface area contributed by atoms with Gasteiger partial charge >= 0.3 is 5.97 Å². The van der Waals surface area contributed by atoms with E-state index in [1.54, 1.807) is 50.2 Å². The standard InChI is InChI=1S/C21H20N2O5/c1-12(2)28-21(27)14-8-10-15(11-9-14)22-18(24)13(3)23-19(25)16-6-4-5-7-17(16)20(23)26/h4-13H,1-3H3,(H,22,24)/t13-/m0/s1. The Morgan fingerprint density at radius 2 is 1.43 bits per heavy atom. The van der Waals surface area contributed by atoms with Crippen LogP contribution in [0, 0.1) is 0 Å². The highest BCUT2D eigenvalue weighted by atomic mass is 16.5. The first-order valence-electron chi connectivity index (χ1n) is 8.88. The molecule has 0 fully saturated rings. The van der Waals surface area contributed by atoms with E-state index in [-0.39, 0.29) is 6.10 Å². The van der Waals surface area contributed by atoms with Crippen molar-refractivity contribution in [2.75, 3.05) is 5.32 Å². The third kappa shape index (κ3) is 3.64. The highest BCUT2D eigenvalue weighted by molar-refractivity contribution is 6.23. The van der Waals surface area contributed by atoms with Gasteiger partial charge in [-0.3, -0.25) is 19.3 Å². The zero-order valence-corrected chi connectivity index (χ0v) is 15.8. The predicted molar refractivity (Wildman–Crippen MR) is 102 cm³/mol. The summed E-state index contributed by atoms with van der Waals surface area (Å²) in [6, 6.07) is 11.7. The Hall–Kier alpha value is -3.48. The van der Waals surface area contributed by atoms with Crippen molar-refractivity contribution in [3.05, 3.63) is 65.2 Å². The molecule has 0 radical (unpaired) electrons. The molecule has 1 N–H and O–H groups in total. The predicted octanol–water partition coefficient (Wildman–Crippen LogP) is 2.88. The molecule has 144 valence electrons. The van der Waals surface area contributed by atoms with E-state index in [0.29, 0.717) is 22.4 Å². The van der Waals surface area contributed by atoms with Crippen LogP contribution in [0.3, 0.4) is 0 Å². The van der Waals surface area contributed by atoms with E-state index in [9.17, 15) is 19.2 Å². The largest absolute Gasteiger partial charge is 0.459 e. The van der Waals surface area contributed by atoms with Gasteiger partial charge in [0.05, 0.1) is 22.8 Å². The van der Waals surface area contributed by atoms with Crippen LogP contribution >= 0.6 is 0 Å². The molecule has 7 heteroatoms. The summed E-state index contributed by atoms with van der Waals surface area (Å²) < 4.78 is 5.11. The summed E-state index contributed by atoms with van der Waals surface area (Å²) in [5.41, 5.74) is 1.38. The summed E-state index contributed by atoms with van der Waals surface area (Å²) >= 11 is 0. The van der Waals surface area contributed by atoms with Crippen LogP contribution < -0.4 is 5.32 Å². The molecule has 1 aliphatic rings. The molecular formula is C21H20N2O5. The summed E-state index contributed by atoms with van der Waals surface area (Å²) in [6.07, 6.45) is -0.229. The topological polar surface area (TPSA) is 92.8 Å². The van der Waals surface area contributed by atoms with Crippen molar-refractivity contribution >= 4 is 29.4 Å². The summed E-state index contributed by atoms with van der Waals surface area (Å²) in [7, 11) is 0. The van der Waals surface area contributed by atoms with Crippen LogP contribution in [0.4, 0.5) is 5.69 Å². The Labute approximate surface area is 162 Å². The van der Waals surface area contributed by atoms with Crippen molar-refractivity contribution in [3.8, 4) is 0 Å². The van der Waals surface area contributed by atoms with E-state index in [1.165, 1.54) is 19.1 Å². The molecule has 1 heterocycles. The van der Waals surface area contributed by atoms with Gasteiger partial charge in [0.15, 0.2) is 0 Å². The number of nitrogens with zero attached hydrogens (tertiary/aromatic N) is 1. The molecule has 2 aromatic carbocycles. The zero-order valence-electron chi connectivity index (χ0n) is 15.8. The van der Waals surface area contributed by atoms with Gasteiger partial charge in [-0.05, 0) is 57.2 Å². The number of nitrogens with one attached hydrogen (secondary N) is 1. The van der Waals surface area contributed by atoms with Crippen molar-refractivity contribution in [1.82, 2.24) is 4.90 Å². The molecule has 0 saturated carbocycles. The number of anilines is 1. The van der Waals surface area contributed by atoms with Gasteiger partial charge in [-0.15, -0.1) is 0 Å². The SMILES string of the molecule is CC(C)OC(=O)c1ccc(NC(=O)[C@H](C)N2C(=O)c3ccccc3C2=O)cc1. The first kappa shape index (κ1) is 19.3. The number of imide groups is 1. The Bertz CT molecular complexity index is 915. The van der Waals surface area contributed by atoms with Gasteiger partial charge in [-0.2, -0.15) is 0 Å². The van der Waals surface area contributed by atoms with E-state index in [0.717, 1.165) is 4.90 Å². The zero-order chi connectivity index (χ0) is 20.4. The maximum absolute atomic E-state index is 12.6. The number of hydrogen-bond acceptors (Lipinski definition) is 5. The highest BCUT2D eigenvalue weighted by Crippen LogP contribution is 2.25. The molecule has 7 nitrogen and oxygen atoms in total. The number of benzene rings is 2. The third-order valence-corrected chi connectivity index (χ3v) is 4.32. The minimum atomic E-state index is -0.988. The summed E-state index contributed by atoms with van der Waals surface area (Å²) in [6.45, 7) is 5.01. The lowest BCUT2D eigenvalue weighted by atomic mass is 10.1. The van der Waals surface area contributed by atoms with Crippen LogP contribution in [-0.2, 0) is 9.53 Å². The average Bonchev–Trinajstić information content (AvgIpc) is 2.92. The fourth-order valence-electron chi connectivity index (χ4n) is 2.90. The second-order valence-corrected chi connectivity index (χ2v) is 6.72. The van der Waals surface area contributed by atoms with E-state index >= 15 is 0 Å². The minimum Gasteiger partial charge on any atom is -0.459 e. The van der Waals surface area contributed by atoms with Crippen molar-refractivity contribution in [2.24, 2.45) is 0 Å². The molecule has 0 unspecified atom stereocenters. The monoisotopic (exact) mass is 380 g/mol. The van der Waals surface area contributed by atoms with Gasteiger partial charge in [-0.1, -0.05) is 12.1 Å². The first-order valence-corrected chi connectivity index (χ1v) is 8.88. The Balaban J connectivity index is 1.69. The third-order valence-electron chi connectivity index (χ3n) is 4.32. The number of hydrogen-bond donors (Lipinski definition) is 1. The minimum absolute atomic E-state index is 0.229. The Morgan fingerprint density at radius 3 is 1.93 bits per heavy atom. The van der Waals surface area contributed by atoms with Crippen LogP contribution in [0.2, 0.25) is 0 Å². The molecule has 0 aliphatic carbocycles. The van der Waals surface area contributed by atoms with Crippen molar-refractivity contribution < 1.29 is 23.9 Å². The maximum Gasteiger partial charge on any atom is 0.338 e. The molecule has 1 aliphatic heterocycles. The van der Waals surface area contributed by atoms with Gasteiger partial charge in [-0.25, -0.2) is 4.79 Å². The number of ether oxygens (including phenoxy) is 1. The number of rotatable bonds is 5. The van der Waals surface area contributed by atoms with Crippen molar-refractivity contribution in [2.45, 2.75) is 32.9 Å². The van der Waals surface area contributed by atoms with E-state index < -0.39 is 29.7 Å². The number of carbonyl (C=O) groups excluding carboxylic acids is 4. The molecule has 1 atom stereocenters. The number of esters is 1. The summed E-state index contributed by atoms with van der Waals surface area (Å²) in [5, 5.41) is 2.66. The number of amides is 3. The second kappa shape index (κ2) is 7.64. The van der Waals surface area contributed by atoms with Crippen LogP contribution in [0.1, 0.15) is 51.8 Å². The molecule has 0 bridgehead atoms. The number of fused-ring (bicyclic) bond motifs is 1. The average molecular weight is 380 g/mol. The van der Waals surface area contributed by atoms with Crippen molar-refractivity contribution in [1.29, 1.82) is 0 Å². The van der Waals surface area contributed by atoms with Crippen LogP contribution in [-0.4, -0.2) is 40.7 Å². The second-order valence-electron chi connectivity index (χ2n) is 6.72. The summed E-state index contributed by atoms with van der Waals surface area (Å²) in [5.74, 6) is -1.94. The van der Waals surface area contributed by atoms with E-state index in [1.807, 2.05) is 0 Å². The molecule has 2 aromatic rings. The lowest BCUT2D eigenvalue weighted by Crippen LogP contribution is -2.45. The van der Waals surface area contributed by atoms with Crippen LogP contribution in [0.5, 0.6) is 0 Å². The fourth-order valence-corrected chi connectivity index (χ4v) is 2.90. The molecule has 0 saturated heterocycles. The lowest BCUT2D eigenvalue weighted by Gasteiger charge is -2.21. The van der Waals surface area contributed by atoms with Crippen molar-refractivity contribution in [3.63, 3.8) is 0 Å². The Kier molecular flexibility index (Phi) is 5.26. The smallest absolute Gasteiger partial charge is 0.338 e. The quantitative estimate of drug-likeness (QED) is 0.636. The summed E-state index contributed by atoms with van der Waals surface area (Å²) in [4.78, 5) is 50.3. The van der Waals surface area contributed by atoms with Gasteiger partial charge in [0.25, 0.3) is 11.8 Å². The highest BCUT2D eigenvalue weighted by Gasteiger charge is 2.40. The molecule has 28 heavy (non-hydrogen) atoms. The number of carbonyl (C=O) groups is 4. The lowest BCUT2D eigenvalue weighted by molar-refractivity contribution is -0.119. The van der Waals surface area contributed by atoms with Gasteiger partial charge < -0.3 is 10.1 Å². The fraction of sp³-hybridized carbons (Fsp3) is 0.238. The molecule has 0 spiro atoms. The Morgan fingerprint density at radius 1 is 0.893 bits per heavy atom. The van der Waals surface area contributed by atoms with Gasteiger partial charge in [0.1, 0.15) is 6.04 Å². The van der Waals surface area contributed by atoms with Crippen LogP contribution in [0.25, 0.3) is 0 Å². The first-order chi connectivity index (χ1) is 13.3. The van der Waals surface area contributed by atoms with E-state index in [4.69, 9.17) is 4.74 Å². The molecular weight excluding hydrogens is 360 g/mol. The normalized spacial score (nSPS) is 14.1. The molecule has 3 rings (SSSR count). The maximum atomic E-state index is 12.6.